The first-order valence-corrected chi connectivity index (χ1v) is 7.60. The lowest BCUT2D eigenvalue weighted by Gasteiger charge is -2.43. The molecule has 2 fully saturated rings. The van der Waals surface area contributed by atoms with Gasteiger partial charge in [-0.05, 0) is 54.5 Å². The molecule has 3 N–H and O–H groups in total. The van der Waals surface area contributed by atoms with Crippen molar-refractivity contribution in [3.63, 3.8) is 0 Å². The minimum absolute atomic E-state index is 0.373. The molecule has 1 heterocycles. The quantitative estimate of drug-likeness (QED) is 0.858. The molecule has 0 amide bonds. The van der Waals surface area contributed by atoms with Crippen LogP contribution in [-0.4, -0.2) is 10.4 Å². The van der Waals surface area contributed by atoms with Crippen molar-refractivity contribution < 1.29 is 0 Å². The maximum atomic E-state index is 5.85. The zero-order chi connectivity index (χ0) is 13.1. The monoisotopic (exact) mass is 265 g/mol. The van der Waals surface area contributed by atoms with Crippen molar-refractivity contribution in [1.82, 2.24) is 4.37 Å². The van der Waals surface area contributed by atoms with E-state index in [0.29, 0.717) is 22.7 Å². The van der Waals surface area contributed by atoms with Gasteiger partial charge in [-0.25, -0.2) is 0 Å². The molecule has 0 spiro atoms. The lowest BCUT2D eigenvalue weighted by atomic mass is 9.68. The van der Waals surface area contributed by atoms with Gasteiger partial charge < -0.3 is 11.1 Å². The number of hydrogen-bond donors (Lipinski definition) is 2. The van der Waals surface area contributed by atoms with E-state index in [0.717, 1.165) is 11.5 Å². The van der Waals surface area contributed by atoms with E-state index in [1.807, 2.05) is 0 Å². The minimum atomic E-state index is 0.373. The smallest absolute Gasteiger partial charge is 0.142 e. The summed E-state index contributed by atoms with van der Waals surface area (Å²) in [5, 5.41) is 4.93. The molecule has 1 aromatic heterocycles. The molecule has 0 saturated heterocycles. The third-order valence-corrected chi connectivity index (χ3v) is 6.40. The Morgan fingerprint density at radius 3 is 2.61 bits per heavy atom. The second kappa shape index (κ2) is 3.62. The van der Waals surface area contributed by atoms with Crippen molar-refractivity contribution in [3.05, 3.63) is 5.56 Å². The average Bonchev–Trinajstić information content (AvgIpc) is 2.87. The van der Waals surface area contributed by atoms with Crippen LogP contribution in [0.1, 0.15) is 45.6 Å². The number of hydrogen-bond acceptors (Lipinski definition) is 4. The topological polar surface area (TPSA) is 50.9 Å². The van der Waals surface area contributed by atoms with E-state index in [9.17, 15) is 0 Å². The standard InChI is InChI=1S/C14H23N3S/c1-8-10(15)17-18-11(8)16-12-13(2,3)9-5-6-14(12,4)7-9/h9,12,16H,5-7H2,1-4H3,(H2,15,17). The number of anilines is 2. The van der Waals surface area contributed by atoms with E-state index in [1.165, 1.54) is 35.8 Å². The number of fused-ring (bicyclic) bond motifs is 2. The maximum Gasteiger partial charge on any atom is 0.142 e. The van der Waals surface area contributed by atoms with Crippen LogP contribution in [0.25, 0.3) is 0 Å². The van der Waals surface area contributed by atoms with Crippen LogP contribution in [0.3, 0.4) is 0 Å². The summed E-state index contributed by atoms with van der Waals surface area (Å²) in [5.41, 5.74) is 7.78. The Kier molecular flexibility index (Phi) is 2.47. The van der Waals surface area contributed by atoms with Crippen LogP contribution in [0.4, 0.5) is 10.8 Å². The normalized spacial score (nSPS) is 37.1. The largest absolute Gasteiger partial charge is 0.383 e. The zero-order valence-corrected chi connectivity index (χ0v) is 12.5. The van der Waals surface area contributed by atoms with Gasteiger partial charge in [-0.3, -0.25) is 0 Å². The predicted octanol–water partition coefficient (Wildman–Crippen LogP) is 3.66. The predicted molar refractivity (Wildman–Crippen MR) is 77.9 cm³/mol. The fourth-order valence-electron chi connectivity index (χ4n) is 4.28. The molecule has 0 aliphatic heterocycles. The van der Waals surface area contributed by atoms with Crippen LogP contribution >= 0.6 is 11.5 Å². The van der Waals surface area contributed by atoms with E-state index in [2.05, 4.69) is 37.4 Å². The lowest BCUT2D eigenvalue weighted by Crippen LogP contribution is -2.45. The molecule has 3 atom stereocenters. The molecule has 2 bridgehead atoms. The van der Waals surface area contributed by atoms with Crippen LogP contribution in [-0.2, 0) is 0 Å². The SMILES string of the molecule is Cc1c(N)nsc1NC1C2(C)CCC(C2)C1(C)C. The van der Waals surface area contributed by atoms with Gasteiger partial charge in [0, 0.05) is 11.6 Å². The van der Waals surface area contributed by atoms with Crippen molar-refractivity contribution in [2.75, 3.05) is 11.1 Å². The van der Waals surface area contributed by atoms with Crippen LogP contribution in [0, 0.1) is 23.7 Å². The van der Waals surface area contributed by atoms with Gasteiger partial charge in [0.15, 0.2) is 0 Å². The lowest BCUT2D eigenvalue weighted by molar-refractivity contribution is 0.155. The molecule has 2 saturated carbocycles. The fourth-order valence-corrected chi connectivity index (χ4v) is 5.01. The summed E-state index contributed by atoms with van der Waals surface area (Å²) < 4.78 is 4.25. The van der Waals surface area contributed by atoms with Gasteiger partial charge in [-0.15, -0.1) is 0 Å². The van der Waals surface area contributed by atoms with E-state index in [4.69, 9.17) is 5.73 Å². The number of nitrogens with one attached hydrogen (secondary N) is 1. The van der Waals surface area contributed by atoms with Crippen LogP contribution < -0.4 is 11.1 Å². The van der Waals surface area contributed by atoms with Crippen molar-refractivity contribution in [2.45, 2.75) is 53.0 Å². The number of aromatic nitrogens is 1. The minimum Gasteiger partial charge on any atom is -0.383 e. The first kappa shape index (κ1) is 12.3. The molecule has 3 unspecified atom stereocenters. The van der Waals surface area contributed by atoms with E-state index >= 15 is 0 Å². The number of nitrogens with zero attached hydrogens (tertiary/aromatic N) is 1. The highest BCUT2D eigenvalue weighted by Crippen LogP contribution is 2.63. The fraction of sp³-hybridized carbons (Fsp3) is 0.786. The highest BCUT2D eigenvalue weighted by molar-refractivity contribution is 7.10. The summed E-state index contributed by atoms with van der Waals surface area (Å²) in [4.78, 5) is 0. The Balaban J connectivity index is 1.90. The Hall–Kier alpha value is -0.770. The molecule has 0 aromatic carbocycles. The third kappa shape index (κ3) is 1.51. The van der Waals surface area contributed by atoms with Gasteiger partial charge in [0.25, 0.3) is 0 Å². The summed E-state index contributed by atoms with van der Waals surface area (Å²) in [6.45, 7) is 9.34. The summed E-state index contributed by atoms with van der Waals surface area (Å²) >= 11 is 1.50. The number of nitrogen functional groups attached to an aromatic ring is 1. The first-order valence-electron chi connectivity index (χ1n) is 6.83. The van der Waals surface area contributed by atoms with Crippen LogP contribution in [0.5, 0.6) is 0 Å². The van der Waals surface area contributed by atoms with Crippen LogP contribution in [0.15, 0.2) is 0 Å². The number of nitrogens with two attached hydrogens (primary N) is 1. The summed E-state index contributed by atoms with van der Waals surface area (Å²) in [7, 11) is 0. The molecule has 4 heteroatoms. The first-order chi connectivity index (χ1) is 8.34. The molecular weight excluding hydrogens is 242 g/mol. The van der Waals surface area contributed by atoms with Gasteiger partial charge in [-0.1, -0.05) is 20.8 Å². The average molecular weight is 265 g/mol. The highest BCUT2D eigenvalue weighted by Gasteiger charge is 2.59. The van der Waals surface area contributed by atoms with Crippen LogP contribution in [0.2, 0.25) is 0 Å². The Bertz CT molecular complexity index is 475. The van der Waals surface area contributed by atoms with Gasteiger partial charge in [0.1, 0.15) is 10.8 Å². The number of rotatable bonds is 2. The Labute approximate surface area is 113 Å². The molecule has 100 valence electrons. The van der Waals surface area contributed by atoms with Crippen molar-refractivity contribution in [3.8, 4) is 0 Å². The molecule has 3 rings (SSSR count). The van der Waals surface area contributed by atoms with Crippen molar-refractivity contribution >= 4 is 22.4 Å². The second-order valence-electron chi connectivity index (χ2n) is 7.01. The van der Waals surface area contributed by atoms with Gasteiger partial charge in [0.2, 0.25) is 0 Å². The molecule has 2 aliphatic carbocycles. The molecule has 3 nitrogen and oxygen atoms in total. The molecule has 0 radical (unpaired) electrons. The molecule has 18 heavy (non-hydrogen) atoms. The van der Waals surface area contributed by atoms with Crippen molar-refractivity contribution in [2.24, 2.45) is 16.7 Å². The van der Waals surface area contributed by atoms with E-state index < -0.39 is 0 Å². The maximum absolute atomic E-state index is 5.85. The third-order valence-electron chi connectivity index (χ3n) is 5.51. The Morgan fingerprint density at radius 1 is 1.39 bits per heavy atom. The van der Waals surface area contributed by atoms with Gasteiger partial charge >= 0.3 is 0 Å². The molecule has 1 aromatic rings. The zero-order valence-electron chi connectivity index (χ0n) is 11.7. The highest BCUT2D eigenvalue weighted by atomic mass is 32.1. The molecule has 2 aliphatic rings. The summed E-state index contributed by atoms with van der Waals surface area (Å²) in [6, 6.07) is 0.544. The van der Waals surface area contributed by atoms with E-state index in [-0.39, 0.29) is 0 Å². The molecular formula is C14H23N3S. The van der Waals surface area contributed by atoms with Gasteiger partial charge in [-0.2, -0.15) is 4.37 Å². The Morgan fingerprint density at radius 2 is 2.11 bits per heavy atom. The van der Waals surface area contributed by atoms with Crippen molar-refractivity contribution in [1.29, 1.82) is 0 Å². The second-order valence-corrected chi connectivity index (χ2v) is 7.79. The summed E-state index contributed by atoms with van der Waals surface area (Å²) in [5.74, 6) is 1.54. The van der Waals surface area contributed by atoms with E-state index in [1.54, 1.807) is 0 Å². The summed E-state index contributed by atoms with van der Waals surface area (Å²) in [6.07, 6.45) is 4.11. The van der Waals surface area contributed by atoms with Gasteiger partial charge in [0.05, 0.1) is 0 Å².